The average molecular weight is 275 g/mol. The molecule has 0 saturated heterocycles. The number of phenolic OH excluding ortho intramolecular Hbond substituents is 2. The van der Waals surface area contributed by atoms with Crippen molar-refractivity contribution in [1.29, 1.82) is 0 Å². The summed E-state index contributed by atoms with van der Waals surface area (Å²) in [5.41, 5.74) is -0.113. The van der Waals surface area contributed by atoms with E-state index in [2.05, 4.69) is 19.2 Å². The van der Waals surface area contributed by atoms with Crippen LogP contribution in [0.3, 0.4) is 0 Å². The molecule has 106 valence electrons. The first kappa shape index (κ1) is 14.1. The van der Waals surface area contributed by atoms with Crippen LogP contribution in [0.1, 0.15) is 41.0 Å². The minimum Gasteiger partial charge on any atom is -0.507 e. The van der Waals surface area contributed by atoms with E-state index in [1.807, 2.05) is 0 Å². The summed E-state index contributed by atoms with van der Waals surface area (Å²) in [6.45, 7) is 4.68. The Morgan fingerprint density at radius 2 is 1.70 bits per heavy atom. The van der Waals surface area contributed by atoms with Crippen molar-refractivity contribution in [2.45, 2.75) is 20.3 Å². The second-order valence-corrected chi connectivity index (χ2v) is 5.21. The molecule has 1 aromatic rings. The van der Waals surface area contributed by atoms with E-state index in [1.165, 1.54) is 18.2 Å². The number of benzene rings is 1. The highest BCUT2D eigenvalue weighted by molar-refractivity contribution is 6.26. The molecule has 0 radical (unpaired) electrons. The topological polar surface area (TPSA) is 86.6 Å². The first-order valence-electron chi connectivity index (χ1n) is 6.51. The van der Waals surface area contributed by atoms with E-state index in [0.29, 0.717) is 12.5 Å². The van der Waals surface area contributed by atoms with Gasteiger partial charge in [-0.15, -0.1) is 0 Å². The summed E-state index contributed by atoms with van der Waals surface area (Å²) in [6.07, 6.45) is 2.03. The van der Waals surface area contributed by atoms with Crippen molar-refractivity contribution in [3.8, 4) is 11.5 Å². The van der Waals surface area contributed by atoms with E-state index in [1.54, 1.807) is 0 Å². The highest BCUT2D eigenvalue weighted by atomic mass is 16.3. The van der Waals surface area contributed by atoms with Crippen LogP contribution in [0, 0.1) is 5.92 Å². The van der Waals surface area contributed by atoms with Gasteiger partial charge in [0.05, 0.1) is 16.8 Å². The number of rotatable bonds is 4. The lowest BCUT2D eigenvalue weighted by atomic mass is 9.91. The van der Waals surface area contributed by atoms with Crippen molar-refractivity contribution in [2.75, 3.05) is 6.54 Å². The van der Waals surface area contributed by atoms with Gasteiger partial charge >= 0.3 is 0 Å². The Morgan fingerprint density at radius 3 is 2.30 bits per heavy atom. The maximum atomic E-state index is 12.3. The monoisotopic (exact) mass is 275 g/mol. The molecule has 2 rings (SSSR count). The smallest absolute Gasteiger partial charge is 0.213 e. The van der Waals surface area contributed by atoms with Crippen LogP contribution in [0.2, 0.25) is 0 Å². The van der Waals surface area contributed by atoms with Gasteiger partial charge in [0, 0.05) is 12.6 Å². The Morgan fingerprint density at radius 1 is 1.10 bits per heavy atom. The van der Waals surface area contributed by atoms with E-state index in [-0.39, 0.29) is 28.3 Å². The fourth-order valence-corrected chi connectivity index (χ4v) is 2.09. The summed E-state index contributed by atoms with van der Waals surface area (Å²) in [5, 5.41) is 22.4. The fraction of sp³-hybridized carbons (Fsp3) is 0.333. The van der Waals surface area contributed by atoms with Crippen molar-refractivity contribution in [3.63, 3.8) is 0 Å². The molecule has 3 N–H and O–H groups in total. The lowest BCUT2D eigenvalue weighted by Crippen LogP contribution is -2.28. The molecule has 0 amide bonds. The third kappa shape index (κ3) is 2.52. The van der Waals surface area contributed by atoms with Gasteiger partial charge in [-0.2, -0.15) is 0 Å². The Labute approximate surface area is 116 Å². The molecule has 0 aromatic heterocycles. The first-order valence-corrected chi connectivity index (χ1v) is 6.51. The lowest BCUT2D eigenvalue weighted by Gasteiger charge is -2.18. The highest BCUT2D eigenvalue weighted by Gasteiger charge is 2.30. The van der Waals surface area contributed by atoms with Crippen LogP contribution in [0.25, 0.3) is 0 Å². The Hall–Kier alpha value is -2.30. The predicted octanol–water partition coefficient (Wildman–Crippen LogP) is 2.00. The molecule has 0 aliphatic heterocycles. The van der Waals surface area contributed by atoms with Gasteiger partial charge in [-0.05, 0) is 24.5 Å². The molecular weight excluding hydrogens is 258 g/mol. The van der Waals surface area contributed by atoms with Gasteiger partial charge in [0.2, 0.25) is 5.78 Å². The third-order valence-corrected chi connectivity index (χ3v) is 3.19. The SMILES string of the molecule is CC(C)CCNC1=CC(=O)c2c(O)ccc(O)c2C1=O. The van der Waals surface area contributed by atoms with Gasteiger partial charge in [-0.3, -0.25) is 9.59 Å². The molecule has 1 aliphatic rings. The minimum absolute atomic E-state index is 0.135. The number of carbonyl (C=O) groups is 2. The zero-order valence-electron chi connectivity index (χ0n) is 11.4. The second-order valence-electron chi connectivity index (χ2n) is 5.21. The second kappa shape index (κ2) is 5.36. The molecular formula is C15H17NO4. The standard InChI is InChI=1S/C15H17NO4/c1-8(2)5-6-16-9-7-12(19)13-10(17)3-4-11(18)14(13)15(9)20/h3-4,7-8,16-18H,5-6H2,1-2H3. The van der Waals surface area contributed by atoms with Gasteiger partial charge in [-0.25, -0.2) is 0 Å². The predicted molar refractivity (Wildman–Crippen MR) is 74.0 cm³/mol. The maximum Gasteiger partial charge on any atom is 0.213 e. The molecule has 0 saturated carbocycles. The molecule has 0 bridgehead atoms. The first-order chi connectivity index (χ1) is 9.41. The van der Waals surface area contributed by atoms with Crippen molar-refractivity contribution < 1.29 is 19.8 Å². The normalized spacial score (nSPS) is 14.2. The summed E-state index contributed by atoms with van der Waals surface area (Å²) < 4.78 is 0. The van der Waals surface area contributed by atoms with Gasteiger partial charge in [-0.1, -0.05) is 13.8 Å². The summed E-state index contributed by atoms with van der Waals surface area (Å²) in [6, 6.07) is 2.40. The number of aromatic hydroxyl groups is 2. The quantitative estimate of drug-likeness (QED) is 0.732. The maximum absolute atomic E-state index is 12.3. The van der Waals surface area contributed by atoms with Gasteiger partial charge in [0.25, 0.3) is 0 Å². The molecule has 1 aliphatic carbocycles. The molecule has 0 heterocycles. The van der Waals surface area contributed by atoms with Gasteiger partial charge in [0.1, 0.15) is 11.5 Å². The van der Waals surface area contributed by atoms with E-state index in [4.69, 9.17) is 0 Å². The van der Waals surface area contributed by atoms with Crippen molar-refractivity contribution in [1.82, 2.24) is 5.32 Å². The largest absolute Gasteiger partial charge is 0.507 e. The van der Waals surface area contributed by atoms with Gasteiger partial charge < -0.3 is 15.5 Å². The zero-order valence-corrected chi connectivity index (χ0v) is 11.4. The number of fused-ring (bicyclic) bond motifs is 1. The molecule has 0 fully saturated rings. The van der Waals surface area contributed by atoms with E-state index >= 15 is 0 Å². The Balaban J connectivity index is 2.31. The third-order valence-electron chi connectivity index (χ3n) is 3.19. The van der Waals surface area contributed by atoms with Crippen molar-refractivity contribution in [2.24, 2.45) is 5.92 Å². The van der Waals surface area contributed by atoms with E-state index in [9.17, 15) is 19.8 Å². The van der Waals surface area contributed by atoms with Crippen molar-refractivity contribution in [3.05, 3.63) is 35.0 Å². The van der Waals surface area contributed by atoms with Crippen LogP contribution in [-0.4, -0.2) is 28.3 Å². The number of hydrogen-bond donors (Lipinski definition) is 3. The molecule has 20 heavy (non-hydrogen) atoms. The van der Waals surface area contributed by atoms with E-state index < -0.39 is 11.6 Å². The summed E-state index contributed by atoms with van der Waals surface area (Å²) in [5.74, 6) is -1.08. The lowest BCUT2D eigenvalue weighted by molar-refractivity contribution is 0.0973. The van der Waals surface area contributed by atoms with Crippen molar-refractivity contribution >= 4 is 11.6 Å². The van der Waals surface area contributed by atoms with Crippen LogP contribution >= 0.6 is 0 Å². The van der Waals surface area contributed by atoms with Crippen LogP contribution in [-0.2, 0) is 0 Å². The fourth-order valence-electron chi connectivity index (χ4n) is 2.09. The number of hydrogen-bond acceptors (Lipinski definition) is 5. The molecule has 0 spiro atoms. The molecule has 0 atom stereocenters. The van der Waals surface area contributed by atoms with Crippen LogP contribution in [0.5, 0.6) is 11.5 Å². The molecule has 1 aromatic carbocycles. The van der Waals surface area contributed by atoms with Gasteiger partial charge in [0.15, 0.2) is 5.78 Å². The zero-order chi connectivity index (χ0) is 14.9. The summed E-state index contributed by atoms with van der Waals surface area (Å²) in [7, 11) is 0. The molecule has 0 unspecified atom stereocenters. The summed E-state index contributed by atoms with van der Waals surface area (Å²) >= 11 is 0. The van der Waals surface area contributed by atoms with Crippen LogP contribution in [0.15, 0.2) is 23.9 Å². The van der Waals surface area contributed by atoms with Crippen LogP contribution in [0.4, 0.5) is 0 Å². The van der Waals surface area contributed by atoms with E-state index in [0.717, 1.165) is 6.42 Å². The molecule has 5 nitrogen and oxygen atoms in total. The summed E-state index contributed by atoms with van der Waals surface area (Å²) in [4.78, 5) is 24.2. The average Bonchev–Trinajstić information content (AvgIpc) is 2.37. The highest BCUT2D eigenvalue weighted by Crippen LogP contribution is 2.33. The molecule has 5 heteroatoms. The number of Topliss-reactive ketones (excluding diaryl/α,β-unsaturated/α-hetero) is 1. The number of ketones is 2. The Bertz CT molecular complexity index is 602. The minimum atomic E-state index is -0.486. The number of carbonyl (C=O) groups excluding carboxylic acids is 2. The van der Waals surface area contributed by atoms with Crippen LogP contribution < -0.4 is 5.32 Å². The Kier molecular flexibility index (Phi) is 3.79. The number of allylic oxidation sites excluding steroid dienone is 2. The number of phenols is 2. The number of nitrogens with one attached hydrogen (secondary N) is 1.